The summed E-state index contributed by atoms with van der Waals surface area (Å²) < 4.78 is 5.20. The maximum atomic E-state index is 12.0. The first-order valence-electron chi connectivity index (χ1n) is 6.73. The minimum absolute atomic E-state index is 0.0913. The van der Waals surface area contributed by atoms with Crippen molar-refractivity contribution in [1.29, 1.82) is 0 Å². The molecule has 1 rings (SSSR count). The van der Waals surface area contributed by atoms with Crippen LogP contribution < -0.4 is 0 Å². The smallest absolute Gasteiger partial charge is 0.361 e. The van der Waals surface area contributed by atoms with Gasteiger partial charge in [0.15, 0.2) is 5.71 Å². The molecule has 0 fully saturated rings. The number of nitrogens with zero attached hydrogens (tertiary/aromatic N) is 1. The highest BCUT2D eigenvalue weighted by Gasteiger charge is 2.19. The Morgan fingerprint density at radius 3 is 2.65 bits per heavy atom. The zero-order valence-corrected chi connectivity index (χ0v) is 12.7. The summed E-state index contributed by atoms with van der Waals surface area (Å²) in [6.45, 7) is 2.51. The van der Waals surface area contributed by atoms with E-state index in [-0.39, 0.29) is 5.71 Å². The summed E-state index contributed by atoms with van der Waals surface area (Å²) in [5, 5.41) is 4.16. The summed E-state index contributed by atoms with van der Waals surface area (Å²) in [4.78, 5) is 16.7. The Kier molecular flexibility index (Phi) is 7.73. The molecule has 1 aromatic rings. The summed E-state index contributed by atoms with van der Waals surface area (Å²) in [5.41, 5.74) is 0.600. The molecule has 0 aliphatic carbocycles. The van der Waals surface area contributed by atoms with Gasteiger partial charge in [-0.25, -0.2) is 4.79 Å². The third kappa shape index (κ3) is 5.21. The molecule has 0 saturated carbocycles. The molecule has 0 radical (unpaired) electrons. The highest BCUT2D eigenvalue weighted by molar-refractivity contribution is 6.47. The van der Waals surface area contributed by atoms with Crippen LogP contribution in [-0.4, -0.2) is 25.4 Å². The van der Waals surface area contributed by atoms with Crippen LogP contribution in [0.1, 0.15) is 38.2 Å². The van der Waals surface area contributed by atoms with Crippen molar-refractivity contribution in [2.75, 3.05) is 13.7 Å². The Morgan fingerprint density at radius 2 is 2.00 bits per heavy atom. The maximum Gasteiger partial charge on any atom is 0.361 e. The molecule has 0 saturated heterocycles. The largest absolute Gasteiger partial charge is 0.461 e. The number of rotatable bonds is 8. The van der Waals surface area contributed by atoms with E-state index in [9.17, 15) is 4.79 Å². The van der Waals surface area contributed by atoms with Crippen LogP contribution in [0.3, 0.4) is 0 Å². The fourth-order valence-corrected chi connectivity index (χ4v) is 1.93. The van der Waals surface area contributed by atoms with Gasteiger partial charge in [-0.15, -0.1) is 0 Å². The first kappa shape index (κ1) is 16.5. The Balaban J connectivity index is 2.65. The minimum atomic E-state index is -0.517. The summed E-state index contributed by atoms with van der Waals surface area (Å²) in [5.74, 6) is -0.517. The predicted molar refractivity (Wildman–Crippen MR) is 80.1 cm³/mol. The molecule has 4 nitrogen and oxygen atoms in total. The van der Waals surface area contributed by atoms with Gasteiger partial charge in [0.25, 0.3) is 0 Å². The molecular formula is C15H20ClNO3. The molecule has 0 aliphatic rings. The van der Waals surface area contributed by atoms with Crippen LogP contribution in [0, 0.1) is 0 Å². The molecule has 5 heteroatoms. The molecule has 0 aliphatic heterocycles. The van der Waals surface area contributed by atoms with Crippen molar-refractivity contribution in [3.63, 3.8) is 0 Å². The molecule has 110 valence electrons. The fourth-order valence-electron chi connectivity index (χ4n) is 1.70. The van der Waals surface area contributed by atoms with Crippen molar-refractivity contribution in [3.05, 3.63) is 34.9 Å². The van der Waals surface area contributed by atoms with Crippen molar-refractivity contribution in [2.45, 2.75) is 32.6 Å². The second-order valence-electron chi connectivity index (χ2n) is 4.30. The van der Waals surface area contributed by atoms with E-state index in [1.54, 1.807) is 24.3 Å². The highest BCUT2D eigenvalue weighted by Crippen LogP contribution is 2.17. The van der Waals surface area contributed by atoms with E-state index in [2.05, 4.69) is 12.1 Å². The van der Waals surface area contributed by atoms with E-state index < -0.39 is 5.97 Å². The van der Waals surface area contributed by atoms with E-state index in [0.29, 0.717) is 17.2 Å². The van der Waals surface area contributed by atoms with Crippen LogP contribution in [0.15, 0.2) is 29.4 Å². The second kappa shape index (κ2) is 9.37. The van der Waals surface area contributed by atoms with Crippen LogP contribution >= 0.6 is 11.6 Å². The first-order valence-corrected chi connectivity index (χ1v) is 7.11. The summed E-state index contributed by atoms with van der Waals surface area (Å²) in [6, 6.07) is 6.96. The topological polar surface area (TPSA) is 47.9 Å². The molecule has 0 atom stereocenters. The number of ether oxygens (including phenoxy) is 1. The van der Waals surface area contributed by atoms with E-state index in [4.69, 9.17) is 21.2 Å². The number of halogens is 1. The molecule has 0 bridgehead atoms. The zero-order valence-electron chi connectivity index (χ0n) is 11.9. The lowest BCUT2D eigenvalue weighted by Crippen LogP contribution is -2.20. The number of benzene rings is 1. The molecular weight excluding hydrogens is 278 g/mol. The average molecular weight is 298 g/mol. The summed E-state index contributed by atoms with van der Waals surface area (Å²) in [6.07, 6.45) is 4.18. The number of hydrogen-bond donors (Lipinski definition) is 0. The van der Waals surface area contributed by atoms with Crippen molar-refractivity contribution < 1.29 is 14.4 Å². The molecule has 0 N–H and O–H groups in total. The quantitative estimate of drug-likeness (QED) is 0.317. The van der Waals surface area contributed by atoms with Crippen LogP contribution in [-0.2, 0) is 14.4 Å². The van der Waals surface area contributed by atoms with E-state index in [0.717, 1.165) is 25.7 Å². The number of carbonyl (C=O) groups excluding carboxylic acids is 1. The first-order chi connectivity index (χ1) is 9.70. The molecule has 0 amide bonds. The number of unbranched alkanes of at least 4 members (excludes halogenated alkanes) is 3. The number of hydrogen-bond acceptors (Lipinski definition) is 4. The Morgan fingerprint density at radius 1 is 1.25 bits per heavy atom. The van der Waals surface area contributed by atoms with E-state index in [1.807, 2.05) is 0 Å². The Labute approximate surface area is 124 Å². The summed E-state index contributed by atoms with van der Waals surface area (Å²) >= 11 is 6.06. The van der Waals surface area contributed by atoms with Gasteiger partial charge in [-0.05, 0) is 12.5 Å². The van der Waals surface area contributed by atoms with Gasteiger partial charge in [-0.2, -0.15) is 0 Å². The van der Waals surface area contributed by atoms with Crippen molar-refractivity contribution in [1.82, 2.24) is 0 Å². The molecule has 0 aromatic heterocycles. The minimum Gasteiger partial charge on any atom is -0.461 e. The molecule has 20 heavy (non-hydrogen) atoms. The maximum absolute atomic E-state index is 12.0. The van der Waals surface area contributed by atoms with Crippen molar-refractivity contribution in [2.24, 2.45) is 5.16 Å². The van der Waals surface area contributed by atoms with Crippen LogP contribution in [0.5, 0.6) is 0 Å². The van der Waals surface area contributed by atoms with Gasteiger partial charge in [0.1, 0.15) is 7.11 Å². The van der Waals surface area contributed by atoms with Crippen LogP contribution in [0.25, 0.3) is 0 Å². The van der Waals surface area contributed by atoms with Gasteiger partial charge in [-0.3, -0.25) is 0 Å². The normalized spacial score (nSPS) is 11.2. The zero-order chi connectivity index (χ0) is 14.8. The van der Waals surface area contributed by atoms with Crippen LogP contribution in [0.4, 0.5) is 0 Å². The predicted octanol–water partition coefficient (Wildman–Crippen LogP) is 3.81. The average Bonchev–Trinajstić information content (AvgIpc) is 2.45. The third-order valence-electron chi connectivity index (χ3n) is 2.74. The highest BCUT2D eigenvalue weighted by atomic mass is 35.5. The second-order valence-corrected chi connectivity index (χ2v) is 4.71. The van der Waals surface area contributed by atoms with Gasteiger partial charge >= 0.3 is 5.97 Å². The van der Waals surface area contributed by atoms with Gasteiger partial charge in [0.2, 0.25) is 0 Å². The van der Waals surface area contributed by atoms with Gasteiger partial charge in [0, 0.05) is 5.56 Å². The third-order valence-corrected chi connectivity index (χ3v) is 3.07. The van der Waals surface area contributed by atoms with Crippen molar-refractivity contribution >= 4 is 23.3 Å². The fraction of sp³-hybridized carbons (Fsp3) is 0.467. The lowest BCUT2D eigenvalue weighted by molar-refractivity contribution is -0.135. The Hall–Kier alpha value is -1.55. The van der Waals surface area contributed by atoms with Gasteiger partial charge in [-0.1, -0.05) is 61.1 Å². The van der Waals surface area contributed by atoms with E-state index >= 15 is 0 Å². The lowest BCUT2D eigenvalue weighted by Gasteiger charge is -2.08. The van der Waals surface area contributed by atoms with Crippen LogP contribution in [0.2, 0.25) is 5.02 Å². The molecule has 0 unspecified atom stereocenters. The number of oxime groups is 1. The van der Waals surface area contributed by atoms with Gasteiger partial charge < -0.3 is 9.57 Å². The molecule has 1 aromatic carbocycles. The molecule has 0 spiro atoms. The van der Waals surface area contributed by atoms with Crippen molar-refractivity contribution in [3.8, 4) is 0 Å². The molecule has 0 heterocycles. The Bertz CT molecular complexity index is 460. The lowest BCUT2D eigenvalue weighted by atomic mass is 10.1. The monoisotopic (exact) mass is 297 g/mol. The van der Waals surface area contributed by atoms with E-state index in [1.165, 1.54) is 7.11 Å². The standard InChI is InChI=1S/C15H20ClNO3/c1-3-4-5-8-11-20-15(18)14(17-19-2)12-9-6-7-10-13(12)16/h6-7,9-10H,3-5,8,11H2,1-2H3. The number of esters is 1. The number of carbonyl (C=O) groups is 1. The summed E-state index contributed by atoms with van der Waals surface area (Å²) in [7, 11) is 1.38. The van der Waals surface area contributed by atoms with Gasteiger partial charge in [0.05, 0.1) is 11.6 Å². The SMILES string of the molecule is CCCCCCOC(=O)C(=NOC)c1ccccc1Cl.